The molecule has 9 aromatic carbocycles. The van der Waals surface area contributed by atoms with Gasteiger partial charge in [-0.05, 0) is 165 Å². The number of imidazole rings is 2. The fourth-order valence-electron chi connectivity index (χ4n) is 18.4. The fourth-order valence-corrected chi connectivity index (χ4v) is 19.3. The van der Waals surface area contributed by atoms with Gasteiger partial charge < -0.3 is 48.2 Å². The second-order valence-corrected chi connectivity index (χ2v) is 34.0. The van der Waals surface area contributed by atoms with Crippen molar-refractivity contribution >= 4 is 143 Å². The normalized spacial score (nSPS) is 19.2. The number of ether oxygens (including phenoxy) is 4. The van der Waals surface area contributed by atoms with Crippen LogP contribution in [0.4, 0.5) is 0 Å². The Morgan fingerprint density at radius 2 is 0.787 bits per heavy atom. The van der Waals surface area contributed by atoms with Crippen LogP contribution in [-0.4, -0.2) is 169 Å². The molecule has 10 aromatic heterocycles. The molecule has 0 radical (unpaired) electrons. The van der Waals surface area contributed by atoms with E-state index in [4.69, 9.17) is 47.1 Å². The molecule has 127 heavy (non-hydrogen) atoms. The van der Waals surface area contributed by atoms with Crippen molar-refractivity contribution in [1.29, 1.82) is 0 Å². The van der Waals surface area contributed by atoms with Gasteiger partial charge in [0.2, 0.25) is 0 Å². The van der Waals surface area contributed by atoms with Crippen LogP contribution in [0.15, 0.2) is 257 Å². The number of halogens is 2. The Kier molecular flexibility index (Phi) is 23.1. The molecule has 27 nitrogen and oxygen atoms in total. The van der Waals surface area contributed by atoms with Crippen LogP contribution in [-0.2, 0) is 44.6 Å². The van der Waals surface area contributed by atoms with E-state index in [-0.39, 0.29) is 72.8 Å². The average Bonchev–Trinajstić information content (AvgIpc) is 1.21. The predicted molar refractivity (Wildman–Crippen MR) is 489 cm³/mol. The number of aliphatic hydroxyl groups is 4. The van der Waals surface area contributed by atoms with E-state index in [1.54, 1.807) is 38.7 Å². The van der Waals surface area contributed by atoms with Crippen molar-refractivity contribution in [2.45, 2.75) is 99.9 Å². The number of benzene rings is 9. The van der Waals surface area contributed by atoms with Crippen LogP contribution < -0.4 is 22.2 Å². The van der Waals surface area contributed by atoms with E-state index in [9.17, 15) is 39.6 Å². The molecular formula is C97H83Cl2N15O12S. The summed E-state index contributed by atoms with van der Waals surface area (Å²) in [6, 6.07) is 60.0. The molecule has 14 heterocycles. The number of pyridine rings is 3. The highest BCUT2D eigenvalue weighted by atomic mass is 35.5. The van der Waals surface area contributed by atoms with Gasteiger partial charge in [-0.15, -0.1) is 5.10 Å². The Morgan fingerprint density at radius 3 is 1.22 bits per heavy atom. The summed E-state index contributed by atoms with van der Waals surface area (Å²) in [6.07, 6.45) is 15.9. The first kappa shape index (κ1) is 82.5. The van der Waals surface area contributed by atoms with Crippen LogP contribution in [0, 0.1) is 0 Å². The van der Waals surface area contributed by atoms with Gasteiger partial charge in [0.25, 0.3) is 22.2 Å². The molecule has 0 amide bonds. The van der Waals surface area contributed by atoms with Crippen molar-refractivity contribution in [3.63, 3.8) is 0 Å². The van der Waals surface area contributed by atoms with Crippen LogP contribution in [0.5, 0.6) is 0 Å². The fraction of sp³-hybridized carbons (Fsp3) is 0.247. The first-order valence-corrected chi connectivity index (χ1v) is 43.7. The number of hydrogen-bond donors (Lipinski definition) is 4. The molecule has 30 heteroatoms. The van der Waals surface area contributed by atoms with Gasteiger partial charge in [-0.1, -0.05) is 149 Å². The monoisotopic (exact) mass is 1750 g/mol. The maximum absolute atomic E-state index is 13.5. The highest BCUT2D eigenvalue weighted by Crippen LogP contribution is 2.36. The minimum Gasteiger partial charge on any atom is -0.389 e. The lowest BCUT2D eigenvalue weighted by atomic mass is 9.95. The Balaban J connectivity index is 0.000000107. The molecule has 4 saturated heterocycles. The number of rotatable bonds is 12. The molecule has 638 valence electrons. The molecule has 4 N–H and O–H groups in total. The van der Waals surface area contributed by atoms with E-state index in [2.05, 4.69) is 74.2 Å². The van der Waals surface area contributed by atoms with Crippen molar-refractivity contribution in [3.05, 3.63) is 335 Å². The lowest BCUT2D eigenvalue weighted by Crippen LogP contribution is -2.39. The highest BCUT2D eigenvalue weighted by molar-refractivity contribution is 7.12. The van der Waals surface area contributed by atoms with Crippen molar-refractivity contribution < 1.29 is 39.4 Å². The van der Waals surface area contributed by atoms with E-state index in [1.165, 1.54) is 22.4 Å². The minimum absolute atomic E-state index is 0.132. The Labute approximate surface area is 736 Å². The van der Waals surface area contributed by atoms with Gasteiger partial charge in [-0.3, -0.25) is 37.4 Å². The molecule has 4 aliphatic heterocycles. The van der Waals surface area contributed by atoms with E-state index in [0.717, 1.165) is 109 Å². The van der Waals surface area contributed by atoms with E-state index in [0.29, 0.717) is 132 Å². The quantitative estimate of drug-likeness (QED) is 0.0652. The van der Waals surface area contributed by atoms with Crippen LogP contribution in [0.25, 0.3) is 108 Å². The Hall–Kier alpha value is -12.8. The van der Waals surface area contributed by atoms with Crippen molar-refractivity contribution in [1.82, 2.24) is 71.5 Å². The SMILES string of the molecule is O=c1c2cc(Cc3ccc(Cl)nc3Cl)c3ccccc3c2ncn1[C@H]1CCOC[C@@H]1O.O=c1c2cc(Cc3ccc4snnc4c3)c3ccccc3c2ncn1[C@H]1CCOC[C@@H]1O.O=c1c2cc(Cc3cn4ccccc4n3)c3ccccc3c2ncn1[C@H]1CCOC[C@@H]1O.O=c1c2cc(Cc3cnc4ccccn34)c3ccccc3c2ncn1[C@H]1CCOC[C@@H]1O. The van der Waals surface area contributed by atoms with E-state index < -0.39 is 24.4 Å². The summed E-state index contributed by atoms with van der Waals surface area (Å²) in [5.41, 5.74) is 12.8. The van der Waals surface area contributed by atoms with Crippen molar-refractivity contribution in [2.24, 2.45) is 0 Å². The average molecular weight is 1750 g/mol. The molecule has 19 aromatic rings. The maximum Gasteiger partial charge on any atom is 0.261 e. The third-order valence-electron chi connectivity index (χ3n) is 24.7. The van der Waals surface area contributed by atoms with Gasteiger partial charge in [0.15, 0.2) is 0 Å². The third kappa shape index (κ3) is 16.2. The number of aliphatic hydroxyl groups excluding tert-OH is 4. The number of fused-ring (bicyclic) bond motifs is 15. The molecule has 0 aliphatic carbocycles. The second kappa shape index (κ2) is 35.5. The second-order valence-electron chi connectivity index (χ2n) is 32.5. The van der Waals surface area contributed by atoms with Gasteiger partial charge >= 0.3 is 0 Å². The lowest BCUT2D eigenvalue weighted by Gasteiger charge is -2.29. The zero-order valence-electron chi connectivity index (χ0n) is 68.4. The first-order chi connectivity index (χ1) is 62.1. The standard InChI is InChI=1S/2C25H22N4O3.C24H20N4O3S.C23H19Cl2N3O3/c30-22-14-32-10-8-21(22)29-15-26-24-19-6-2-1-5-18(19)16(12-20(24)25(29)31)11-17-13-28-9-4-3-7-23(28)27-17;30-22-14-32-10-8-21(22)29-15-27-24-19-6-2-1-5-18(19)16(12-20(24)25(29)31)11-17-13-26-23-7-3-4-9-28(17)23;29-21-12-31-8-7-20(21)28-13-25-23-17-4-2-1-3-16(17)15(11-18(23)24(28)30)9-14-5-6-22-19(10-14)26-27-32-22;24-20-6-5-13(22(25)27-20)9-14-10-17-21(16-4-2-1-3-15(14)16)26-12-28(23(17)30)18-7-8-31-11-19(18)29/h2*1-7,9,12-13,15,21-22,30H,8,10-11,14H2;1-6,10-11,13,20-21,29H,7-9,12H2;1-6,10,12,18-19,29H,7-9,11H2/t2*21-,22-;20-,21-;18-,19-/m0000/s1. The zero-order chi connectivity index (χ0) is 86.5. The molecule has 0 spiro atoms. The van der Waals surface area contributed by atoms with Gasteiger partial charge in [0.1, 0.15) is 27.1 Å². The first-order valence-electron chi connectivity index (χ1n) is 42.2. The zero-order valence-corrected chi connectivity index (χ0v) is 70.7. The molecular weight excluding hydrogens is 1670 g/mol. The third-order valence-corrected chi connectivity index (χ3v) is 26.0. The molecule has 0 bridgehead atoms. The van der Waals surface area contributed by atoms with E-state index >= 15 is 0 Å². The molecule has 4 aliphatic rings. The predicted octanol–water partition coefficient (Wildman–Crippen LogP) is 13.9. The largest absolute Gasteiger partial charge is 0.389 e. The molecule has 0 saturated carbocycles. The summed E-state index contributed by atoms with van der Waals surface area (Å²) in [5, 5.41) is 56.5. The van der Waals surface area contributed by atoms with Gasteiger partial charge in [0.05, 0.1) is 154 Å². The minimum atomic E-state index is -0.746. The van der Waals surface area contributed by atoms with Gasteiger partial charge in [-0.25, -0.2) is 34.9 Å². The van der Waals surface area contributed by atoms with Crippen molar-refractivity contribution in [2.75, 3.05) is 52.9 Å². The lowest BCUT2D eigenvalue weighted by molar-refractivity contribution is -0.0395. The summed E-state index contributed by atoms with van der Waals surface area (Å²) in [4.78, 5) is 86.0. The van der Waals surface area contributed by atoms with E-state index in [1.807, 2.05) is 181 Å². The summed E-state index contributed by atoms with van der Waals surface area (Å²) in [7, 11) is 0. The maximum atomic E-state index is 13.5. The topological polar surface area (TPSA) is 331 Å². The smallest absolute Gasteiger partial charge is 0.261 e. The highest BCUT2D eigenvalue weighted by Gasteiger charge is 2.32. The number of hydrogen-bond acceptors (Lipinski definition) is 22. The molecule has 4 fully saturated rings. The van der Waals surface area contributed by atoms with Crippen molar-refractivity contribution in [3.8, 4) is 0 Å². The summed E-state index contributed by atoms with van der Waals surface area (Å²) < 4.78 is 36.7. The van der Waals surface area contributed by atoms with Crippen LogP contribution >= 0.6 is 34.7 Å². The number of aromatic nitrogens is 15. The van der Waals surface area contributed by atoms with Crippen LogP contribution in [0.3, 0.4) is 0 Å². The molecule has 0 unspecified atom stereocenters. The van der Waals surface area contributed by atoms with Crippen LogP contribution in [0.2, 0.25) is 10.3 Å². The molecule has 8 atom stereocenters. The number of nitrogens with zero attached hydrogens (tertiary/aromatic N) is 15. The summed E-state index contributed by atoms with van der Waals surface area (Å²) >= 11 is 13.6. The Morgan fingerprint density at radius 1 is 0.386 bits per heavy atom. The van der Waals surface area contributed by atoms with Gasteiger partial charge in [0, 0.05) is 97.7 Å². The molecule has 23 rings (SSSR count). The van der Waals surface area contributed by atoms with Crippen LogP contribution in [0.1, 0.15) is 94.6 Å². The summed E-state index contributed by atoms with van der Waals surface area (Å²) in [6.45, 7) is 2.94. The van der Waals surface area contributed by atoms with Gasteiger partial charge in [-0.2, -0.15) is 0 Å². The summed E-state index contributed by atoms with van der Waals surface area (Å²) in [5.74, 6) is 0. The Bertz CT molecular complexity index is 7530.